The van der Waals surface area contributed by atoms with Crippen LogP contribution in [-0.4, -0.2) is 12.6 Å². The third-order valence-corrected chi connectivity index (χ3v) is 1.95. The van der Waals surface area contributed by atoms with Crippen molar-refractivity contribution in [3.05, 3.63) is 30.1 Å². The van der Waals surface area contributed by atoms with E-state index in [9.17, 15) is 4.39 Å². The fourth-order valence-electron chi connectivity index (χ4n) is 1.24. The number of halogens is 1. The van der Waals surface area contributed by atoms with Gasteiger partial charge in [0.05, 0.1) is 6.10 Å². The zero-order valence-corrected chi connectivity index (χ0v) is 8.37. The molecule has 2 N–H and O–H groups in total. The van der Waals surface area contributed by atoms with E-state index < -0.39 is 0 Å². The first-order valence-electron chi connectivity index (χ1n) is 4.84. The van der Waals surface area contributed by atoms with Gasteiger partial charge in [-0.1, -0.05) is 6.07 Å². The zero-order valence-electron chi connectivity index (χ0n) is 8.37. The van der Waals surface area contributed by atoms with E-state index in [0.717, 1.165) is 12.8 Å². The van der Waals surface area contributed by atoms with E-state index in [1.165, 1.54) is 12.1 Å². The Hall–Kier alpha value is -1.09. The highest BCUT2D eigenvalue weighted by Gasteiger charge is 2.03. The summed E-state index contributed by atoms with van der Waals surface area (Å²) in [4.78, 5) is 0. The summed E-state index contributed by atoms with van der Waals surface area (Å²) in [5, 5.41) is 0. The molecule has 0 bridgehead atoms. The van der Waals surface area contributed by atoms with Gasteiger partial charge in [0.2, 0.25) is 0 Å². The number of hydrogen-bond acceptors (Lipinski definition) is 2. The lowest BCUT2D eigenvalue weighted by Crippen LogP contribution is -2.13. The van der Waals surface area contributed by atoms with Crippen LogP contribution in [0.1, 0.15) is 19.8 Å². The maximum Gasteiger partial charge on any atom is 0.126 e. The van der Waals surface area contributed by atoms with Crippen LogP contribution in [-0.2, 0) is 0 Å². The fraction of sp³-hybridized carbons (Fsp3) is 0.455. The summed E-state index contributed by atoms with van der Waals surface area (Å²) in [5.74, 6) is 0.308. The van der Waals surface area contributed by atoms with Gasteiger partial charge in [-0.2, -0.15) is 0 Å². The molecule has 0 aliphatic rings. The second-order valence-electron chi connectivity index (χ2n) is 3.32. The van der Waals surface area contributed by atoms with Gasteiger partial charge in [0.15, 0.2) is 0 Å². The highest BCUT2D eigenvalue weighted by Crippen LogP contribution is 2.15. The van der Waals surface area contributed by atoms with Crippen molar-refractivity contribution in [3.63, 3.8) is 0 Å². The highest BCUT2D eigenvalue weighted by atomic mass is 19.1. The number of nitrogens with two attached hydrogens (primary N) is 1. The second kappa shape index (κ2) is 5.60. The van der Waals surface area contributed by atoms with Crippen LogP contribution >= 0.6 is 0 Å². The SMILES string of the molecule is CC(CCCN)Oc1cccc(F)c1. The normalized spacial score (nSPS) is 12.5. The first kappa shape index (κ1) is 11.0. The first-order valence-corrected chi connectivity index (χ1v) is 4.84. The minimum atomic E-state index is -0.270. The van der Waals surface area contributed by atoms with Crippen LogP contribution in [0.3, 0.4) is 0 Å². The van der Waals surface area contributed by atoms with E-state index in [1.807, 2.05) is 6.92 Å². The maximum absolute atomic E-state index is 12.8. The Labute approximate surface area is 83.9 Å². The van der Waals surface area contributed by atoms with Crippen molar-refractivity contribution in [1.82, 2.24) is 0 Å². The van der Waals surface area contributed by atoms with E-state index in [1.54, 1.807) is 12.1 Å². The molecule has 1 aromatic rings. The third-order valence-electron chi connectivity index (χ3n) is 1.95. The molecule has 0 aliphatic heterocycles. The summed E-state index contributed by atoms with van der Waals surface area (Å²) in [6, 6.07) is 6.18. The molecule has 0 heterocycles. The van der Waals surface area contributed by atoms with Crippen LogP contribution in [0.2, 0.25) is 0 Å². The van der Waals surface area contributed by atoms with Crippen LogP contribution in [0.4, 0.5) is 4.39 Å². The highest BCUT2D eigenvalue weighted by molar-refractivity contribution is 5.22. The van der Waals surface area contributed by atoms with E-state index in [0.29, 0.717) is 12.3 Å². The molecule has 3 heteroatoms. The van der Waals surface area contributed by atoms with Crippen LogP contribution in [0.15, 0.2) is 24.3 Å². The minimum Gasteiger partial charge on any atom is -0.491 e. The summed E-state index contributed by atoms with van der Waals surface area (Å²) in [7, 11) is 0. The Bertz CT molecular complexity index is 278. The van der Waals surface area contributed by atoms with Crippen LogP contribution in [0, 0.1) is 5.82 Å². The standard InChI is InChI=1S/C11H16FNO/c1-9(4-3-7-13)14-11-6-2-5-10(12)8-11/h2,5-6,8-9H,3-4,7,13H2,1H3. The Morgan fingerprint density at radius 2 is 2.29 bits per heavy atom. The summed E-state index contributed by atoms with van der Waals surface area (Å²) in [6.45, 7) is 2.62. The molecule has 78 valence electrons. The first-order chi connectivity index (χ1) is 6.72. The molecule has 0 saturated heterocycles. The molecule has 0 spiro atoms. The summed E-state index contributed by atoms with van der Waals surface area (Å²) >= 11 is 0. The predicted molar refractivity (Wildman–Crippen MR) is 54.8 cm³/mol. The predicted octanol–water partition coefficient (Wildman–Crippen LogP) is 2.33. The minimum absolute atomic E-state index is 0.0837. The summed E-state index contributed by atoms with van der Waals surface area (Å²) in [6.07, 6.45) is 1.91. The van der Waals surface area contributed by atoms with Crippen LogP contribution in [0.25, 0.3) is 0 Å². The summed E-state index contributed by atoms with van der Waals surface area (Å²) < 4.78 is 18.3. The third kappa shape index (κ3) is 3.75. The van der Waals surface area contributed by atoms with E-state index in [-0.39, 0.29) is 11.9 Å². The van der Waals surface area contributed by atoms with Gasteiger partial charge >= 0.3 is 0 Å². The van der Waals surface area contributed by atoms with Gasteiger partial charge in [-0.3, -0.25) is 0 Å². The molecular weight excluding hydrogens is 181 g/mol. The Morgan fingerprint density at radius 1 is 1.50 bits per heavy atom. The number of rotatable bonds is 5. The quantitative estimate of drug-likeness (QED) is 0.786. The number of ether oxygens (including phenoxy) is 1. The van der Waals surface area contributed by atoms with Gasteiger partial charge in [0.1, 0.15) is 11.6 Å². The van der Waals surface area contributed by atoms with E-state index >= 15 is 0 Å². The molecule has 1 aromatic carbocycles. The molecule has 0 amide bonds. The Morgan fingerprint density at radius 3 is 2.93 bits per heavy atom. The average Bonchev–Trinajstić information content (AvgIpc) is 2.15. The van der Waals surface area contributed by atoms with Crippen LogP contribution < -0.4 is 10.5 Å². The lowest BCUT2D eigenvalue weighted by molar-refractivity contribution is 0.208. The molecule has 0 radical (unpaired) electrons. The van der Waals surface area contributed by atoms with Gasteiger partial charge in [0.25, 0.3) is 0 Å². The maximum atomic E-state index is 12.8. The van der Waals surface area contributed by atoms with Gasteiger partial charge < -0.3 is 10.5 Å². The van der Waals surface area contributed by atoms with Gasteiger partial charge in [-0.25, -0.2) is 4.39 Å². The molecular formula is C11H16FNO. The van der Waals surface area contributed by atoms with Gasteiger partial charge in [0, 0.05) is 6.07 Å². The number of benzene rings is 1. The second-order valence-corrected chi connectivity index (χ2v) is 3.32. The van der Waals surface area contributed by atoms with E-state index in [2.05, 4.69) is 0 Å². The van der Waals surface area contributed by atoms with Gasteiger partial charge in [-0.15, -0.1) is 0 Å². The number of hydrogen-bond donors (Lipinski definition) is 1. The lowest BCUT2D eigenvalue weighted by atomic mass is 10.2. The van der Waals surface area contributed by atoms with Crippen molar-refractivity contribution in [1.29, 1.82) is 0 Å². The van der Waals surface area contributed by atoms with Crippen molar-refractivity contribution in [2.24, 2.45) is 5.73 Å². The lowest BCUT2D eigenvalue weighted by Gasteiger charge is -2.13. The molecule has 1 rings (SSSR count). The van der Waals surface area contributed by atoms with Crippen LogP contribution in [0.5, 0.6) is 5.75 Å². The molecule has 2 nitrogen and oxygen atoms in total. The molecule has 0 aliphatic carbocycles. The van der Waals surface area contributed by atoms with Crippen molar-refractivity contribution in [3.8, 4) is 5.75 Å². The largest absolute Gasteiger partial charge is 0.491 e. The van der Waals surface area contributed by atoms with E-state index in [4.69, 9.17) is 10.5 Å². The van der Waals surface area contributed by atoms with Crippen molar-refractivity contribution < 1.29 is 9.13 Å². The van der Waals surface area contributed by atoms with Crippen molar-refractivity contribution in [2.45, 2.75) is 25.9 Å². The van der Waals surface area contributed by atoms with Gasteiger partial charge in [-0.05, 0) is 38.4 Å². The molecule has 14 heavy (non-hydrogen) atoms. The Kier molecular flexibility index (Phi) is 4.40. The van der Waals surface area contributed by atoms with Crippen molar-refractivity contribution in [2.75, 3.05) is 6.54 Å². The molecule has 1 atom stereocenters. The topological polar surface area (TPSA) is 35.2 Å². The van der Waals surface area contributed by atoms with Crippen molar-refractivity contribution >= 4 is 0 Å². The summed E-state index contributed by atoms with van der Waals surface area (Å²) in [5.41, 5.74) is 5.38. The molecule has 0 aromatic heterocycles. The molecule has 1 unspecified atom stereocenters. The fourth-order valence-corrected chi connectivity index (χ4v) is 1.24. The monoisotopic (exact) mass is 197 g/mol. The smallest absolute Gasteiger partial charge is 0.126 e. The Balaban J connectivity index is 2.43. The molecule has 0 saturated carbocycles. The molecule has 0 fully saturated rings. The zero-order chi connectivity index (χ0) is 10.4. The average molecular weight is 197 g/mol.